The van der Waals surface area contributed by atoms with E-state index in [0.717, 1.165) is 30.8 Å². The van der Waals surface area contributed by atoms with Gasteiger partial charge in [-0.1, -0.05) is 25.0 Å². The van der Waals surface area contributed by atoms with Crippen molar-refractivity contribution in [2.45, 2.75) is 50.2 Å². The summed E-state index contributed by atoms with van der Waals surface area (Å²) in [6.45, 7) is 6.17. The number of ether oxygens (including phenoxy) is 1. The van der Waals surface area contributed by atoms with Gasteiger partial charge in [-0.3, -0.25) is 4.90 Å². The molecule has 5 aromatic rings. The van der Waals surface area contributed by atoms with Crippen molar-refractivity contribution >= 4 is 33.3 Å². The fraction of sp³-hybridized carbons (Fsp3) is 0.351. The Balaban J connectivity index is 1.27. The molecular formula is C37H34F2N6O4. The van der Waals surface area contributed by atoms with Crippen LogP contribution in [-0.2, 0) is 5.41 Å². The minimum Gasteiger partial charge on any atom is -0.508 e. The Morgan fingerprint density at radius 3 is 2.96 bits per heavy atom. The molecule has 8 rings (SSSR count). The fourth-order valence-corrected chi connectivity index (χ4v) is 7.92. The predicted octanol–water partition coefficient (Wildman–Crippen LogP) is 5.68. The van der Waals surface area contributed by atoms with Gasteiger partial charge in [-0.05, 0) is 56.0 Å². The predicted molar refractivity (Wildman–Crippen MR) is 182 cm³/mol. The number of aromatic hydroxyl groups is 1. The maximum atomic E-state index is 14.9. The highest BCUT2D eigenvalue weighted by Gasteiger charge is 2.49. The molecule has 0 bridgehead atoms. The normalized spacial score (nSPS) is 23.0. The molecule has 2 saturated heterocycles. The number of phenolic OH excluding ortho intramolecular Hbond substituents is 1. The van der Waals surface area contributed by atoms with Crippen molar-refractivity contribution < 1.29 is 23.0 Å². The molecule has 3 aliphatic heterocycles. The van der Waals surface area contributed by atoms with Gasteiger partial charge in [0.25, 0.3) is 0 Å². The molecule has 3 aromatic heterocycles. The van der Waals surface area contributed by atoms with Crippen molar-refractivity contribution in [1.29, 1.82) is 0 Å². The van der Waals surface area contributed by atoms with Crippen LogP contribution in [0, 0.1) is 25.1 Å². The number of nitrogens with one attached hydrogen (secondary N) is 2. The van der Waals surface area contributed by atoms with Gasteiger partial charge in [0.15, 0.2) is 0 Å². The van der Waals surface area contributed by atoms with Crippen LogP contribution >= 0.6 is 0 Å². The van der Waals surface area contributed by atoms with E-state index in [1.165, 1.54) is 24.3 Å². The quantitative estimate of drug-likeness (QED) is 0.187. The monoisotopic (exact) mass is 664 g/mol. The lowest BCUT2D eigenvalue weighted by Crippen LogP contribution is -2.43. The van der Waals surface area contributed by atoms with E-state index in [9.17, 15) is 18.7 Å². The number of rotatable bonds is 7. The summed E-state index contributed by atoms with van der Waals surface area (Å²) in [4.78, 5) is 29.9. The zero-order valence-electron chi connectivity index (χ0n) is 27.1. The molecule has 0 saturated carbocycles. The summed E-state index contributed by atoms with van der Waals surface area (Å²) in [6.07, 6.45) is 8.66. The van der Waals surface area contributed by atoms with Crippen LogP contribution in [0.1, 0.15) is 42.9 Å². The SMILES string of the molecule is C#Cc1c(F)ccc2cc(O)cc(-c3oc(=O)c4c(NCC5(C)CNc6ncccc65)nc(OC[C@@]56CCCN5C[C@H](F)C6)nc4c3C)c12. The van der Waals surface area contributed by atoms with Crippen molar-refractivity contribution in [3.63, 3.8) is 0 Å². The lowest BCUT2D eigenvalue weighted by molar-refractivity contribution is 0.107. The third kappa shape index (κ3) is 5.03. The van der Waals surface area contributed by atoms with Gasteiger partial charge in [-0.15, -0.1) is 6.42 Å². The van der Waals surface area contributed by atoms with Crippen LogP contribution in [0.15, 0.2) is 51.8 Å². The van der Waals surface area contributed by atoms with E-state index in [2.05, 4.69) is 38.3 Å². The van der Waals surface area contributed by atoms with Gasteiger partial charge in [0, 0.05) is 59.7 Å². The number of hydrogen-bond donors (Lipinski definition) is 3. The lowest BCUT2D eigenvalue weighted by atomic mass is 9.85. The van der Waals surface area contributed by atoms with Crippen LogP contribution in [0.25, 0.3) is 33.0 Å². The Morgan fingerprint density at radius 1 is 1.27 bits per heavy atom. The first kappa shape index (κ1) is 31.0. The fourth-order valence-electron chi connectivity index (χ4n) is 7.92. The van der Waals surface area contributed by atoms with E-state index in [1.807, 2.05) is 12.1 Å². The van der Waals surface area contributed by atoms with Crippen LogP contribution in [-0.4, -0.2) is 69.5 Å². The van der Waals surface area contributed by atoms with E-state index >= 15 is 0 Å². The third-order valence-electron chi connectivity index (χ3n) is 10.4. The van der Waals surface area contributed by atoms with Crippen LogP contribution in [0.2, 0.25) is 0 Å². The highest BCUT2D eigenvalue weighted by molar-refractivity contribution is 6.03. The molecule has 2 aromatic carbocycles. The molecule has 3 aliphatic rings. The molecule has 0 amide bonds. The third-order valence-corrected chi connectivity index (χ3v) is 10.4. The van der Waals surface area contributed by atoms with Crippen LogP contribution < -0.4 is 21.0 Å². The average Bonchev–Trinajstić information content (AvgIpc) is 3.74. The van der Waals surface area contributed by atoms with E-state index in [0.29, 0.717) is 42.4 Å². The molecule has 3 atom stereocenters. The van der Waals surface area contributed by atoms with Crippen LogP contribution in [0.4, 0.5) is 20.4 Å². The summed E-state index contributed by atoms with van der Waals surface area (Å²) in [5, 5.41) is 18.2. The Hall–Kier alpha value is -5.28. The van der Waals surface area contributed by atoms with Crippen LogP contribution in [0.3, 0.4) is 0 Å². The number of anilines is 2. The van der Waals surface area contributed by atoms with E-state index in [4.69, 9.17) is 20.6 Å². The molecule has 0 radical (unpaired) electrons. The molecule has 1 unspecified atom stereocenters. The molecule has 6 heterocycles. The molecule has 2 fully saturated rings. The molecule has 3 N–H and O–H groups in total. The Labute approximate surface area is 280 Å². The first-order valence-electron chi connectivity index (χ1n) is 16.3. The van der Waals surface area contributed by atoms with Gasteiger partial charge in [-0.2, -0.15) is 9.97 Å². The van der Waals surface area contributed by atoms with E-state index in [-0.39, 0.29) is 52.0 Å². The topological polar surface area (TPSA) is 126 Å². The second-order valence-corrected chi connectivity index (χ2v) is 13.6. The van der Waals surface area contributed by atoms with Crippen molar-refractivity contribution in [1.82, 2.24) is 19.9 Å². The minimum absolute atomic E-state index is 0.0195. The number of pyridine rings is 1. The number of benzene rings is 2. The lowest BCUT2D eigenvalue weighted by Gasteiger charge is -2.31. The van der Waals surface area contributed by atoms with Gasteiger partial charge in [0.2, 0.25) is 0 Å². The summed E-state index contributed by atoms with van der Waals surface area (Å²) in [5.74, 6) is 2.74. The smallest absolute Gasteiger partial charge is 0.349 e. The number of terminal acetylenes is 1. The Kier molecular flexibility index (Phi) is 7.22. The van der Waals surface area contributed by atoms with Crippen molar-refractivity contribution in [3.05, 3.63) is 75.5 Å². The first-order valence-corrected chi connectivity index (χ1v) is 16.3. The standard InChI is InChI=1S/C37H34F2N6O4/c1-4-24-27(39)9-8-21-13-23(46)14-25(28(21)24)31-20(2)30-29(34(47)49-31)33(42-18-36(3)17-41-32-26(36)7-5-11-40-32)44-35(43-30)48-19-37-10-6-12-45(37)16-22(38)15-37/h1,5,7-9,11,13-14,22,46H,6,10,12,15-19H2,2-3H3,(H,40,41)(H,42,43,44)/t22-,36?,37+/m1/s1. The average molecular weight is 665 g/mol. The maximum Gasteiger partial charge on any atom is 0.349 e. The number of fused-ring (bicyclic) bond motifs is 4. The summed E-state index contributed by atoms with van der Waals surface area (Å²) in [7, 11) is 0. The van der Waals surface area contributed by atoms with Gasteiger partial charge < -0.3 is 24.9 Å². The summed E-state index contributed by atoms with van der Waals surface area (Å²) >= 11 is 0. The zero-order valence-corrected chi connectivity index (χ0v) is 27.1. The Bertz CT molecular complexity index is 2270. The second kappa shape index (κ2) is 11.4. The maximum absolute atomic E-state index is 14.9. The highest BCUT2D eigenvalue weighted by atomic mass is 19.1. The molecule has 10 nitrogen and oxygen atoms in total. The van der Waals surface area contributed by atoms with Gasteiger partial charge >= 0.3 is 11.6 Å². The number of aryl methyl sites for hydroxylation is 1. The molecule has 49 heavy (non-hydrogen) atoms. The van der Waals surface area contributed by atoms with Gasteiger partial charge in [0.05, 0.1) is 16.6 Å². The molecule has 12 heteroatoms. The number of nitrogens with zero attached hydrogens (tertiary/aromatic N) is 4. The number of hydrogen-bond acceptors (Lipinski definition) is 10. The van der Waals surface area contributed by atoms with E-state index < -0.39 is 28.6 Å². The molecule has 250 valence electrons. The van der Waals surface area contributed by atoms with Gasteiger partial charge in [-0.25, -0.2) is 18.6 Å². The molecular weight excluding hydrogens is 630 g/mol. The van der Waals surface area contributed by atoms with Crippen molar-refractivity contribution in [2.75, 3.05) is 43.4 Å². The number of halogens is 2. The molecule has 0 spiro atoms. The Morgan fingerprint density at radius 2 is 2.12 bits per heavy atom. The zero-order chi connectivity index (χ0) is 34.1. The summed E-state index contributed by atoms with van der Waals surface area (Å²) < 4.78 is 41.7. The number of aromatic nitrogens is 3. The van der Waals surface area contributed by atoms with Crippen LogP contribution in [0.5, 0.6) is 11.8 Å². The van der Waals surface area contributed by atoms with Gasteiger partial charge in [0.1, 0.15) is 47.1 Å². The first-order chi connectivity index (χ1) is 23.6. The van der Waals surface area contributed by atoms with Crippen molar-refractivity contribution in [3.8, 4) is 35.4 Å². The number of phenols is 1. The number of alkyl halides is 1. The minimum atomic E-state index is -0.930. The summed E-state index contributed by atoms with van der Waals surface area (Å²) in [5.41, 5.74) is 0.335. The summed E-state index contributed by atoms with van der Waals surface area (Å²) in [6, 6.07) is 9.50. The highest BCUT2D eigenvalue weighted by Crippen LogP contribution is 2.42. The second-order valence-electron chi connectivity index (χ2n) is 13.6. The largest absolute Gasteiger partial charge is 0.508 e. The molecule has 0 aliphatic carbocycles. The van der Waals surface area contributed by atoms with Crippen molar-refractivity contribution in [2.24, 2.45) is 0 Å². The van der Waals surface area contributed by atoms with E-state index in [1.54, 1.807) is 13.1 Å².